The van der Waals surface area contributed by atoms with Gasteiger partial charge >= 0.3 is 5.97 Å². The van der Waals surface area contributed by atoms with Gasteiger partial charge in [-0.15, -0.1) is 6.42 Å². The third-order valence-corrected chi connectivity index (χ3v) is 5.17. The molecule has 0 aliphatic carbocycles. The fourth-order valence-corrected chi connectivity index (χ4v) is 3.57. The van der Waals surface area contributed by atoms with Crippen LogP contribution >= 0.6 is 11.8 Å². The molecule has 152 valence electrons. The number of amides is 1. The monoisotopic (exact) mass is 420 g/mol. The number of aliphatic imine (C=N–C) groups is 1. The summed E-state index contributed by atoms with van der Waals surface area (Å²) in [5.74, 6) is 2.58. The zero-order chi connectivity index (χ0) is 21.5. The second kappa shape index (κ2) is 9.81. The van der Waals surface area contributed by atoms with Crippen LogP contribution in [0.1, 0.15) is 22.8 Å². The van der Waals surface area contributed by atoms with Crippen LogP contribution < -0.4 is 4.74 Å². The Kier molecular flexibility index (Phi) is 6.94. The van der Waals surface area contributed by atoms with Crippen molar-refractivity contribution in [2.24, 2.45) is 4.99 Å². The smallest absolute Gasteiger partial charge is 0.338 e. The van der Waals surface area contributed by atoms with E-state index in [0.29, 0.717) is 33.7 Å². The molecule has 0 spiro atoms. The molecule has 1 fully saturated rings. The van der Waals surface area contributed by atoms with E-state index in [2.05, 4.69) is 10.9 Å². The first kappa shape index (κ1) is 21.2. The van der Waals surface area contributed by atoms with Crippen LogP contribution in [-0.4, -0.2) is 42.2 Å². The largest absolute Gasteiger partial charge is 0.481 e. The van der Waals surface area contributed by atoms with Crippen molar-refractivity contribution in [1.29, 1.82) is 0 Å². The molecule has 1 heterocycles. The Morgan fingerprint density at radius 1 is 1.20 bits per heavy atom. The van der Waals surface area contributed by atoms with Crippen LogP contribution in [0.3, 0.4) is 0 Å². The SMILES string of the molecule is C#CCOc1ccc(/C=C2\SC(=Nc3ccc(C(=O)OCC)cc3)N(C)C2=O)cc1. The van der Waals surface area contributed by atoms with Gasteiger partial charge in [-0.2, -0.15) is 0 Å². The fourth-order valence-electron chi connectivity index (χ4n) is 2.59. The molecule has 1 amide bonds. The highest BCUT2D eigenvalue weighted by Gasteiger charge is 2.30. The molecule has 0 aromatic heterocycles. The minimum Gasteiger partial charge on any atom is -0.481 e. The molecule has 2 aromatic rings. The maximum atomic E-state index is 12.6. The number of benzene rings is 2. The van der Waals surface area contributed by atoms with Gasteiger partial charge in [-0.3, -0.25) is 9.69 Å². The lowest BCUT2D eigenvalue weighted by atomic mass is 10.2. The topological polar surface area (TPSA) is 68.2 Å². The molecular formula is C23H20N2O4S. The van der Waals surface area contributed by atoms with Crippen LogP contribution in [0.4, 0.5) is 5.69 Å². The number of rotatable bonds is 6. The van der Waals surface area contributed by atoms with Crippen molar-refractivity contribution in [2.45, 2.75) is 6.92 Å². The van der Waals surface area contributed by atoms with Crippen LogP contribution in [0.15, 0.2) is 58.4 Å². The first-order valence-electron chi connectivity index (χ1n) is 9.21. The number of likely N-dealkylation sites (N-methyl/N-ethyl adjacent to an activating group) is 1. The molecule has 0 radical (unpaired) electrons. The number of terminal acetylenes is 1. The summed E-state index contributed by atoms with van der Waals surface area (Å²) in [6.45, 7) is 2.29. The van der Waals surface area contributed by atoms with E-state index in [9.17, 15) is 9.59 Å². The van der Waals surface area contributed by atoms with Gasteiger partial charge in [-0.25, -0.2) is 9.79 Å². The van der Waals surface area contributed by atoms with Crippen molar-refractivity contribution in [3.63, 3.8) is 0 Å². The molecule has 1 saturated heterocycles. The fraction of sp³-hybridized carbons (Fsp3) is 0.174. The van der Waals surface area contributed by atoms with Crippen LogP contribution in [0.5, 0.6) is 5.75 Å². The van der Waals surface area contributed by atoms with E-state index in [0.717, 1.165) is 5.56 Å². The lowest BCUT2D eigenvalue weighted by Crippen LogP contribution is -2.23. The Balaban J connectivity index is 1.74. The standard InChI is InChI=1S/C23H20N2O4S/c1-4-14-29-19-12-6-16(7-13-19)15-20-21(26)25(3)23(30-20)24-18-10-8-17(9-11-18)22(27)28-5-2/h1,6-13,15H,5,14H2,2-3H3/b20-15-,24-23?. The van der Waals surface area contributed by atoms with E-state index in [4.69, 9.17) is 15.9 Å². The lowest BCUT2D eigenvalue weighted by Gasteiger charge is -2.07. The number of ether oxygens (including phenoxy) is 2. The summed E-state index contributed by atoms with van der Waals surface area (Å²) in [4.78, 5) is 30.9. The van der Waals surface area contributed by atoms with Gasteiger partial charge in [0.2, 0.25) is 0 Å². The molecule has 7 heteroatoms. The molecule has 1 aliphatic heterocycles. The first-order chi connectivity index (χ1) is 14.5. The van der Waals surface area contributed by atoms with Crippen molar-refractivity contribution in [3.8, 4) is 18.1 Å². The Morgan fingerprint density at radius 3 is 2.53 bits per heavy atom. The van der Waals surface area contributed by atoms with Crippen molar-refractivity contribution in [3.05, 3.63) is 64.6 Å². The van der Waals surface area contributed by atoms with Gasteiger partial charge < -0.3 is 9.47 Å². The van der Waals surface area contributed by atoms with Crippen LogP contribution in [0.2, 0.25) is 0 Å². The predicted molar refractivity (Wildman–Crippen MR) is 119 cm³/mol. The van der Waals surface area contributed by atoms with Crippen molar-refractivity contribution < 1.29 is 19.1 Å². The minimum absolute atomic E-state index is 0.130. The van der Waals surface area contributed by atoms with Gasteiger partial charge in [0.1, 0.15) is 12.4 Å². The van der Waals surface area contributed by atoms with Crippen molar-refractivity contribution in [1.82, 2.24) is 4.90 Å². The molecule has 0 bridgehead atoms. The highest BCUT2D eigenvalue weighted by atomic mass is 32.2. The summed E-state index contributed by atoms with van der Waals surface area (Å²) in [6, 6.07) is 14.1. The van der Waals surface area contributed by atoms with Crippen molar-refractivity contribution in [2.75, 3.05) is 20.3 Å². The van der Waals surface area contributed by atoms with Crippen LogP contribution in [0.25, 0.3) is 6.08 Å². The van der Waals surface area contributed by atoms with Gasteiger partial charge in [0, 0.05) is 7.05 Å². The first-order valence-corrected chi connectivity index (χ1v) is 10.0. The van der Waals surface area contributed by atoms with E-state index in [1.54, 1.807) is 56.4 Å². The summed E-state index contributed by atoms with van der Waals surface area (Å²) < 4.78 is 10.3. The van der Waals surface area contributed by atoms with Crippen molar-refractivity contribution >= 4 is 40.6 Å². The highest BCUT2D eigenvalue weighted by Crippen LogP contribution is 2.33. The Morgan fingerprint density at radius 2 is 1.90 bits per heavy atom. The Labute approximate surface area is 179 Å². The molecule has 3 rings (SSSR count). The second-order valence-corrected chi connectivity index (χ2v) is 7.21. The number of nitrogens with zero attached hydrogens (tertiary/aromatic N) is 2. The van der Waals surface area contributed by atoms with Gasteiger partial charge in [0.25, 0.3) is 5.91 Å². The molecule has 2 aromatic carbocycles. The quantitative estimate of drug-likeness (QED) is 0.400. The molecule has 0 N–H and O–H groups in total. The van der Waals surface area contributed by atoms with Gasteiger partial charge in [0.05, 0.1) is 22.8 Å². The lowest BCUT2D eigenvalue weighted by molar-refractivity contribution is -0.121. The molecule has 0 unspecified atom stereocenters. The summed E-state index contributed by atoms with van der Waals surface area (Å²) in [7, 11) is 1.68. The van der Waals surface area contributed by atoms with Gasteiger partial charge in [-0.1, -0.05) is 18.1 Å². The molecule has 0 atom stereocenters. The van der Waals surface area contributed by atoms with Gasteiger partial charge in [-0.05, 0) is 66.7 Å². The normalized spacial score (nSPS) is 16.0. The van der Waals surface area contributed by atoms with Crippen LogP contribution in [0, 0.1) is 12.3 Å². The minimum atomic E-state index is -0.375. The summed E-state index contributed by atoms with van der Waals surface area (Å²) in [5.41, 5.74) is 1.97. The number of hydrogen-bond acceptors (Lipinski definition) is 6. The molecule has 6 nitrogen and oxygen atoms in total. The zero-order valence-electron chi connectivity index (χ0n) is 16.6. The number of esters is 1. The molecule has 0 saturated carbocycles. The second-order valence-electron chi connectivity index (χ2n) is 6.20. The third kappa shape index (κ3) is 5.10. The number of hydrogen-bond donors (Lipinski definition) is 0. The van der Waals surface area contributed by atoms with E-state index in [1.807, 2.05) is 12.1 Å². The maximum Gasteiger partial charge on any atom is 0.338 e. The Bertz CT molecular complexity index is 1030. The predicted octanol–water partition coefficient (Wildman–Crippen LogP) is 4.11. The van der Waals surface area contributed by atoms with E-state index in [-0.39, 0.29) is 18.5 Å². The zero-order valence-corrected chi connectivity index (χ0v) is 17.4. The maximum absolute atomic E-state index is 12.6. The van der Waals surface area contributed by atoms with Gasteiger partial charge in [0.15, 0.2) is 5.17 Å². The van der Waals surface area contributed by atoms with E-state index < -0.39 is 0 Å². The summed E-state index contributed by atoms with van der Waals surface area (Å²) in [6.07, 6.45) is 6.99. The molecule has 1 aliphatic rings. The molecule has 30 heavy (non-hydrogen) atoms. The third-order valence-electron chi connectivity index (χ3n) is 4.11. The summed E-state index contributed by atoms with van der Waals surface area (Å²) >= 11 is 1.29. The van der Waals surface area contributed by atoms with Crippen LogP contribution in [-0.2, 0) is 9.53 Å². The number of carbonyl (C=O) groups excluding carboxylic acids is 2. The average Bonchev–Trinajstić information content (AvgIpc) is 3.01. The summed E-state index contributed by atoms with van der Waals surface area (Å²) in [5, 5.41) is 0.559. The van der Waals surface area contributed by atoms with E-state index >= 15 is 0 Å². The highest BCUT2D eigenvalue weighted by molar-refractivity contribution is 8.18. The van der Waals surface area contributed by atoms with E-state index in [1.165, 1.54) is 16.7 Å². The number of thioether (sulfide) groups is 1. The Hall–Kier alpha value is -3.50. The average molecular weight is 420 g/mol. The number of amidine groups is 1. The molecular weight excluding hydrogens is 400 g/mol. The number of carbonyl (C=O) groups is 2.